The number of carbonyl (C=O) groups is 1. The third kappa shape index (κ3) is 20.0. The summed E-state index contributed by atoms with van der Waals surface area (Å²) in [6.45, 7) is 50.4. The van der Waals surface area contributed by atoms with Crippen LogP contribution in [0.4, 0.5) is 0 Å². The molecule has 2 aliphatic carbocycles. The average molecular weight is 1550 g/mol. The van der Waals surface area contributed by atoms with Crippen LogP contribution < -0.4 is 27.6 Å². The van der Waals surface area contributed by atoms with Gasteiger partial charge in [-0.2, -0.15) is 0 Å². The average Bonchev–Trinajstić information content (AvgIpc) is 1.68. The van der Waals surface area contributed by atoms with Gasteiger partial charge in [-0.1, -0.05) is 122 Å². The van der Waals surface area contributed by atoms with Crippen molar-refractivity contribution in [1.82, 2.24) is 33.4 Å². The minimum atomic E-state index is -0.129. The van der Waals surface area contributed by atoms with Gasteiger partial charge in [0.15, 0.2) is 0 Å². The van der Waals surface area contributed by atoms with Gasteiger partial charge in [0.05, 0.1) is 16.7 Å². The van der Waals surface area contributed by atoms with Crippen molar-refractivity contribution in [3.63, 3.8) is 0 Å². The van der Waals surface area contributed by atoms with E-state index in [9.17, 15) is 39.3 Å². The van der Waals surface area contributed by atoms with E-state index in [1.807, 2.05) is 97.3 Å². The smallest absolute Gasteiger partial charge is 0.261 e. The largest absolute Gasteiger partial charge is 0.511 e. The highest BCUT2D eigenvalue weighted by atomic mass is 127. The molecule has 1 aliphatic heterocycles. The van der Waals surface area contributed by atoms with E-state index in [1.165, 1.54) is 27.8 Å². The van der Waals surface area contributed by atoms with Crippen molar-refractivity contribution in [2.45, 2.75) is 203 Å². The number of allylic oxidation sites excluding steroid dienone is 3. The van der Waals surface area contributed by atoms with Crippen LogP contribution >= 0.6 is 67.8 Å². The van der Waals surface area contributed by atoms with Crippen LogP contribution in [0.2, 0.25) is 0 Å². The maximum Gasteiger partial charge on any atom is 0.261 e. The van der Waals surface area contributed by atoms with Crippen LogP contribution in [-0.4, -0.2) is 95.5 Å². The maximum atomic E-state index is 12.3. The SMILES string of the molecule is CC(C)C(C)N(C)C.CC1=C(C)C(C)c2c(C)c(C)n(C)c(=O)c21.CC1=C(O)C(C)C(C)N(C)C1=O.CC1=C(O)c2c(c(C)c(C)n(C)c2=O)C1C.CNC(C)C(C)C.Cc1c(C)c(C)n(C)c(=O)c1C.Cc1c(O)c(C)c(=O)n(C)c1C.IC(I)I. The number of nitrogens with one attached hydrogen (secondary N) is 1. The summed E-state index contributed by atoms with van der Waals surface area (Å²) in [5, 5.41) is 32.2. The predicted molar refractivity (Wildman–Crippen MR) is 395 cm³/mol. The molecule has 0 spiro atoms. The zero-order chi connectivity index (χ0) is 69.0. The van der Waals surface area contributed by atoms with Crippen molar-refractivity contribution in [2.24, 2.45) is 45.9 Å². The van der Waals surface area contributed by atoms with Crippen molar-refractivity contribution >= 4 is 85.0 Å². The second-order valence-corrected chi connectivity index (χ2v) is 35.7. The number of aliphatic hydroxyl groups excluding tert-OH is 2. The molecule has 492 valence electrons. The third-order valence-corrected chi connectivity index (χ3v) is 19.4. The zero-order valence-electron chi connectivity index (χ0n) is 59.4. The van der Waals surface area contributed by atoms with Crippen molar-refractivity contribution < 1.29 is 20.1 Å². The van der Waals surface area contributed by atoms with E-state index in [-0.39, 0.29) is 63.3 Å². The lowest BCUT2D eigenvalue weighted by Gasteiger charge is -2.34. The molecule has 1 amide bonds. The lowest BCUT2D eigenvalue weighted by molar-refractivity contribution is -0.130. The van der Waals surface area contributed by atoms with Crippen LogP contribution in [-0.2, 0) is 33.0 Å². The topological polar surface area (TPSA) is 184 Å². The number of alkyl halides is 3. The Morgan fingerprint density at radius 2 is 0.828 bits per heavy atom. The van der Waals surface area contributed by atoms with Crippen molar-refractivity contribution in [3.05, 3.63) is 148 Å². The highest BCUT2D eigenvalue weighted by Gasteiger charge is 2.34. The molecule has 87 heavy (non-hydrogen) atoms. The van der Waals surface area contributed by atoms with Crippen LogP contribution in [0.5, 0.6) is 5.75 Å². The number of likely N-dealkylation sites (N-methyl/N-ethyl adjacent to an activating group) is 1. The summed E-state index contributed by atoms with van der Waals surface area (Å²) in [6.07, 6.45) is 0. The molecule has 0 saturated carbocycles. The van der Waals surface area contributed by atoms with Gasteiger partial charge in [0.25, 0.3) is 28.1 Å². The molecule has 15 nitrogen and oxygen atoms in total. The number of carbonyl (C=O) groups excluding carboxylic acids is 1. The molecule has 4 aromatic rings. The number of hydrogen-bond donors (Lipinski definition) is 4. The molecular weight excluding hydrogens is 1440 g/mol. The first-order valence-corrected chi connectivity index (χ1v) is 33.7. The standard InChI is InChI=1S/C14H19NO.C13H17NO2.C10H15NO.C9H15NO2.C9H13NO2.C7H17N.C6H15N.CHI3/c1-7-8(2)12-10(4)11(5)15(6)14(16)13(12)9(7)3;1-6-7(2)12(15)11-10(6)8(3)9(4)14(5)13(11)16;1-6-7(2)9(4)11(5)10(12)8(6)3;2*1-5-7(3)10(4)9(12)6(2)8(5)11;1-6(2)7(3)8(4)5;1-5(2)6(3)7-4;2-1(3)4/h8H,1-6H3;6,15H,1-5H3;1-5H3;5,7,11H,1-4H3;11H,1-4H3;6-7H,1-5H3;5-7H,1-4H3;1H. The number of halogens is 3. The first-order chi connectivity index (χ1) is 39.6. The predicted octanol–water partition coefficient (Wildman–Crippen LogP) is 14.7. The van der Waals surface area contributed by atoms with Crippen molar-refractivity contribution in [1.29, 1.82) is 0 Å². The number of rotatable bonds is 4. The zero-order valence-corrected chi connectivity index (χ0v) is 65.9. The summed E-state index contributed by atoms with van der Waals surface area (Å²) in [6, 6.07) is 1.44. The van der Waals surface area contributed by atoms with Crippen LogP contribution in [0.1, 0.15) is 193 Å². The lowest BCUT2D eigenvalue weighted by Crippen LogP contribution is -2.44. The Hall–Kier alpha value is -4.00. The maximum absolute atomic E-state index is 12.3. The number of nitrogens with zero attached hydrogens (tertiary/aromatic N) is 6. The monoisotopic (exact) mass is 1550 g/mol. The van der Waals surface area contributed by atoms with Crippen LogP contribution in [0.15, 0.2) is 41.7 Å². The van der Waals surface area contributed by atoms with Gasteiger partial charge < -0.3 is 48.7 Å². The molecular formula is C69H112I3N7O8. The van der Waals surface area contributed by atoms with Crippen molar-refractivity contribution in [2.75, 3.05) is 28.2 Å². The van der Waals surface area contributed by atoms with E-state index in [1.54, 1.807) is 65.1 Å². The summed E-state index contributed by atoms with van der Waals surface area (Å²) < 4.78 is 7.37. The summed E-state index contributed by atoms with van der Waals surface area (Å²) in [5.41, 5.74) is 18.3. The fraction of sp³-hybridized carbons (Fsp3) is 0.609. The van der Waals surface area contributed by atoms with Gasteiger partial charge >= 0.3 is 0 Å². The van der Waals surface area contributed by atoms with Crippen LogP contribution in [0, 0.1) is 93.9 Å². The van der Waals surface area contributed by atoms with Gasteiger partial charge in [-0.3, -0.25) is 24.0 Å². The van der Waals surface area contributed by atoms with E-state index in [0.29, 0.717) is 34.7 Å². The molecule has 0 saturated heterocycles. The third-order valence-electron chi connectivity index (χ3n) is 19.4. The van der Waals surface area contributed by atoms with E-state index in [0.717, 1.165) is 73.5 Å². The van der Waals surface area contributed by atoms with E-state index >= 15 is 0 Å². The molecule has 6 atom stereocenters. The first-order valence-electron chi connectivity index (χ1n) is 30.0. The summed E-state index contributed by atoms with van der Waals surface area (Å²) >= 11 is 6.95. The Bertz CT molecular complexity index is 3170. The van der Waals surface area contributed by atoms with Gasteiger partial charge in [0.2, 0.25) is 0 Å². The molecule has 0 bridgehead atoms. The van der Waals surface area contributed by atoms with Gasteiger partial charge in [0.1, 0.15) is 17.2 Å². The Morgan fingerprint density at radius 1 is 0.471 bits per heavy atom. The minimum Gasteiger partial charge on any atom is -0.511 e. The van der Waals surface area contributed by atoms with Crippen LogP contribution in [0.25, 0.3) is 11.3 Å². The first kappa shape index (κ1) is 83.0. The van der Waals surface area contributed by atoms with Gasteiger partial charge in [-0.25, -0.2) is 0 Å². The molecule has 5 heterocycles. The fourth-order valence-electron chi connectivity index (χ4n) is 10.1. The Morgan fingerprint density at radius 3 is 1.20 bits per heavy atom. The molecule has 0 fully saturated rings. The molecule has 6 unspecified atom stereocenters. The van der Waals surface area contributed by atoms with Crippen LogP contribution in [0.3, 0.4) is 0 Å². The summed E-state index contributed by atoms with van der Waals surface area (Å²) in [5.74, 6) is 2.57. The normalized spacial score (nSPS) is 17.3. The number of pyridine rings is 4. The highest BCUT2D eigenvalue weighted by Crippen LogP contribution is 2.42. The van der Waals surface area contributed by atoms with Gasteiger partial charge in [0, 0.05) is 111 Å². The number of amides is 1. The van der Waals surface area contributed by atoms with Gasteiger partial charge in [-0.05, 0) is 202 Å². The highest BCUT2D eigenvalue weighted by molar-refractivity contribution is 14.3. The Kier molecular flexibility index (Phi) is 33.9. The van der Waals surface area contributed by atoms with E-state index in [2.05, 4.69) is 168 Å². The second kappa shape index (κ2) is 35.6. The fourth-order valence-corrected chi connectivity index (χ4v) is 10.1. The molecule has 0 aromatic carbocycles. The Balaban J connectivity index is 0.000000996. The van der Waals surface area contributed by atoms with Crippen molar-refractivity contribution in [3.8, 4) is 5.75 Å². The Labute approximate surface area is 564 Å². The molecule has 4 N–H and O–H groups in total. The molecule has 18 heteroatoms. The quantitative estimate of drug-likeness (QED) is 0.113. The number of fused-ring (bicyclic) bond motifs is 2. The molecule has 3 aliphatic rings. The number of hydrogen-bond acceptors (Lipinski definition) is 10. The second-order valence-electron chi connectivity index (χ2n) is 24.9. The summed E-state index contributed by atoms with van der Waals surface area (Å²) in [4.78, 5) is 62.6. The minimum absolute atomic E-state index is 0.0488. The van der Waals surface area contributed by atoms with E-state index in [4.69, 9.17) is 0 Å². The molecule has 0 radical (unpaired) electrons. The number of aromatic nitrogens is 4. The summed E-state index contributed by atoms with van der Waals surface area (Å²) in [7, 11) is 15.1. The van der Waals surface area contributed by atoms with E-state index < -0.39 is 0 Å². The molecule has 7 rings (SSSR count). The lowest BCUT2D eigenvalue weighted by atomic mass is 9.92. The molecule has 4 aromatic heterocycles. The van der Waals surface area contributed by atoms with Gasteiger partial charge in [-0.15, -0.1) is 0 Å². The number of aliphatic hydroxyl groups is 2. The number of aromatic hydroxyl groups is 1.